The Balaban J connectivity index is 1.62. The third-order valence-corrected chi connectivity index (χ3v) is 4.71. The number of aliphatic hydroxyl groups excluding tert-OH is 1. The molecule has 2 aromatic heterocycles. The average molecular weight is 400 g/mol. The van der Waals surface area contributed by atoms with Crippen molar-refractivity contribution in [2.24, 2.45) is 0 Å². The monoisotopic (exact) mass is 400 g/mol. The van der Waals surface area contributed by atoms with Crippen molar-refractivity contribution < 1.29 is 18.6 Å². The smallest absolute Gasteiger partial charge is 0.251 e. The van der Waals surface area contributed by atoms with Gasteiger partial charge >= 0.3 is 0 Å². The van der Waals surface area contributed by atoms with E-state index in [9.17, 15) is 18.7 Å². The van der Waals surface area contributed by atoms with Gasteiger partial charge in [0.05, 0.1) is 37.6 Å². The van der Waals surface area contributed by atoms with Crippen molar-refractivity contribution in [1.29, 1.82) is 0 Å². The Morgan fingerprint density at radius 3 is 2.69 bits per heavy atom. The molecule has 0 unspecified atom stereocenters. The summed E-state index contributed by atoms with van der Waals surface area (Å²) in [5.74, 6) is -1.59. The number of hydrogen-bond donors (Lipinski definition) is 2. The molecule has 0 bridgehead atoms. The molecule has 29 heavy (non-hydrogen) atoms. The van der Waals surface area contributed by atoms with E-state index in [0.29, 0.717) is 30.4 Å². The Morgan fingerprint density at radius 2 is 2.03 bits per heavy atom. The summed E-state index contributed by atoms with van der Waals surface area (Å²) in [6.45, 7) is 0.738. The quantitative estimate of drug-likeness (QED) is 0.658. The summed E-state index contributed by atoms with van der Waals surface area (Å²) < 4.78 is 33.1. The molecular weight excluding hydrogens is 382 g/mol. The van der Waals surface area contributed by atoms with Crippen LogP contribution in [0.25, 0.3) is 11.3 Å². The van der Waals surface area contributed by atoms with Gasteiger partial charge in [-0.3, -0.25) is 4.79 Å². The van der Waals surface area contributed by atoms with Crippen molar-refractivity contribution in [2.45, 2.75) is 12.1 Å². The van der Waals surface area contributed by atoms with Gasteiger partial charge in [0.1, 0.15) is 0 Å². The van der Waals surface area contributed by atoms with E-state index in [1.165, 1.54) is 22.9 Å². The number of halogens is 2. The van der Waals surface area contributed by atoms with Gasteiger partial charge in [0, 0.05) is 24.0 Å². The molecule has 1 aromatic carbocycles. The lowest BCUT2D eigenvalue weighted by Gasteiger charge is -2.26. The van der Waals surface area contributed by atoms with Crippen LogP contribution in [-0.2, 0) is 4.74 Å². The molecule has 7 nitrogen and oxygen atoms in total. The standard InChI is InChI=1S/C20H18F2N4O3/c21-15-2-1-13(7-16(15)22)18(9-27)26-6-4-12(8-19(26)28)17-3-5-23-20(25-17)24-14-10-29-11-14/h1-8,14,18,27H,9-11H2,(H,23,24,25)/t18-/m1/s1. The van der Waals surface area contributed by atoms with Gasteiger partial charge in [-0.05, 0) is 29.8 Å². The first-order valence-corrected chi connectivity index (χ1v) is 9.01. The highest BCUT2D eigenvalue weighted by atomic mass is 19.2. The molecule has 1 aliphatic rings. The highest BCUT2D eigenvalue weighted by Crippen LogP contribution is 2.21. The minimum Gasteiger partial charge on any atom is -0.394 e. The maximum Gasteiger partial charge on any atom is 0.251 e. The van der Waals surface area contributed by atoms with Crippen LogP contribution in [0.1, 0.15) is 11.6 Å². The lowest BCUT2D eigenvalue weighted by atomic mass is 10.1. The molecule has 1 aliphatic heterocycles. The minimum absolute atomic E-state index is 0.166. The van der Waals surface area contributed by atoms with Crippen LogP contribution in [0.3, 0.4) is 0 Å². The summed E-state index contributed by atoms with van der Waals surface area (Å²) in [5.41, 5.74) is 1.01. The van der Waals surface area contributed by atoms with E-state index in [-0.39, 0.29) is 11.6 Å². The molecule has 3 aromatic rings. The lowest BCUT2D eigenvalue weighted by Crippen LogP contribution is -2.40. The number of nitrogens with one attached hydrogen (secondary N) is 1. The highest BCUT2D eigenvalue weighted by Gasteiger charge is 2.19. The van der Waals surface area contributed by atoms with E-state index in [1.807, 2.05) is 0 Å². The zero-order valence-electron chi connectivity index (χ0n) is 15.3. The van der Waals surface area contributed by atoms with Gasteiger partial charge in [-0.2, -0.15) is 0 Å². The number of nitrogens with zero attached hydrogens (tertiary/aromatic N) is 3. The van der Waals surface area contributed by atoms with Gasteiger partial charge in [0.15, 0.2) is 11.6 Å². The summed E-state index contributed by atoms with van der Waals surface area (Å²) in [4.78, 5) is 21.2. The van der Waals surface area contributed by atoms with Crippen molar-refractivity contribution in [3.63, 3.8) is 0 Å². The summed E-state index contributed by atoms with van der Waals surface area (Å²) in [6, 6.07) is 7.34. The zero-order valence-corrected chi connectivity index (χ0v) is 15.3. The number of rotatable bonds is 6. The van der Waals surface area contributed by atoms with Crippen molar-refractivity contribution in [2.75, 3.05) is 25.1 Å². The van der Waals surface area contributed by atoms with Crippen LogP contribution in [0, 0.1) is 11.6 Å². The number of benzene rings is 1. The average Bonchev–Trinajstić information content (AvgIpc) is 2.69. The third-order valence-electron chi connectivity index (χ3n) is 4.71. The van der Waals surface area contributed by atoms with Gasteiger partial charge in [-0.1, -0.05) is 6.07 Å². The van der Waals surface area contributed by atoms with Crippen LogP contribution in [0.15, 0.2) is 53.6 Å². The first-order valence-electron chi connectivity index (χ1n) is 9.01. The lowest BCUT2D eigenvalue weighted by molar-refractivity contribution is 0.0208. The van der Waals surface area contributed by atoms with Crippen LogP contribution < -0.4 is 10.9 Å². The van der Waals surface area contributed by atoms with E-state index in [4.69, 9.17) is 4.74 Å². The first kappa shape index (κ1) is 19.2. The fraction of sp³-hybridized carbons (Fsp3) is 0.250. The first-order chi connectivity index (χ1) is 14.0. The molecular formula is C20H18F2N4O3. The van der Waals surface area contributed by atoms with E-state index in [1.54, 1.807) is 18.3 Å². The summed E-state index contributed by atoms with van der Waals surface area (Å²) in [5, 5.41) is 12.9. The van der Waals surface area contributed by atoms with Gasteiger partial charge in [-0.15, -0.1) is 0 Å². The number of aromatic nitrogens is 3. The topological polar surface area (TPSA) is 89.3 Å². The van der Waals surface area contributed by atoms with Crippen molar-refractivity contribution in [3.05, 3.63) is 76.3 Å². The van der Waals surface area contributed by atoms with Crippen LogP contribution in [0.4, 0.5) is 14.7 Å². The van der Waals surface area contributed by atoms with Gasteiger partial charge in [0.25, 0.3) is 5.56 Å². The summed E-state index contributed by atoms with van der Waals surface area (Å²) >= 11 is 0. The van der Waals surface area contributed by atoms with Gasteiger partial charge in [0.2, 0.25) is 5.95 Å². The number of aliphatic hydroxyl groups is 1. The maximum atomic E-state index is 13.6. The number of ether oxygens (including phenoxy) is 1. The van der Waals surface area contributed by atoms with Gasteiger partial charge < -0.3 is 19.7 Å². The molecule has 1 atom stereocenters. The van der Waals surface area contributed by atoms with Crippen molar-refractivity contribution in [3.8, 4) is 11.3 Å². The van der Waals surface area contributed by atoms with Crippen LogP contribution in [0.5, 0.6) is 0 Å². The Bertz CT molecular complexity index is 1090. The van der Waals surface area contributed by atoms with Crippen molar-refractivity contribution >= 4 is 5.95 Å². The Hall–Kier alpha value is -3.17. The molecule has 0 radical (unpaired) electrons. The van der Waals surface area contributed by atoms with Gasteiger partial charge in [-0.25, -0.2) is 18.7 Å². The number of hydrogen-bond acceptors (Lipinski definition) is 6. The molecule has 0 saturated carbocycles. The Morgan fingerprint density at radius 1 is 1.21 bits per heavy atom. The van der Waals surface area contributed by atoms with Crippen LogP contribution >= 0.6 is 0 Å². The molecule has 0 spiro atoms. The van der Waals surface area contributed by atoms with Crippen LogP contribution in [0.2, 0.25) is 0 Å². The minimum atomic E-state index is -1.04. The highest BCUT2D eigenvalue weighted by molar-refractivity contribution is 5.59. The fourth-order valence-corrected chi connectivity index (χ4v) is 3.07. The largest absolute Gasteiger partial charge is 0.394 e. The number of anilines is 1. The second kappa shape index (κ2) is 8.06. The van der Waals surface area contributed by atoms with E-state index in [0.717, 1.165) is 12.1 Å². The summed E-state index contributed by atoms with van der Waals surface area (Å²) in [6.07, 6.45) is 3.09. The molecule has 0 aliphatic carbocycles. The van der Waals surface area contributed by atoms with E-state index >= 15 is 0 Å². The molecule has 0 amide bonds. The normalized spacial score (nSPS) is 15.0. The Kier molecular flexibility index (Phi) is 5.32. The third kappa shape index (κ3) is 4.01. The molecule has 1 fully saturated rings. The summed E-state index contributed by atoms with van der Waals surface area (Å²) in [7, 11) is 0. The Labute approximate surface area is 164 Å². The molecule has 150 valence electrons. The zero-order chi connectivity index (χ0) is 20.4. The predicted molar refractivity (Wildman–Crippen MR) is 102 cm³/mol. The van der Waals surface area contributed by atoms with E-state index < -0.39 is 29.8 Å². The maximum absolute atomic E-state index is 13.6. The molecule has 1 saturated heterocycles. The molecule has 9 heteroatoms. The van der Waals surface area contributed by atoms with Crippen LogP contribution in [-0.4, -0.2) is 45.5 Å². The SMILES string of the molecule is O=c1cc(-c2ccnc(NC3COC3)n2)ccn1[C@H](CO)c1ccc(F)c(F)c1. The number of pyridine rings is 1. The molecule has 4 rings (SSSR count). The second-order valence-electron chi connectivity index (χ2n) is 6.68. The second-order valence-corrected chi connectivity index (χ2v) is 6.68. The van der Waals surface area contributed by atoms with Crippen molar-refractivity contribution in [1.82, 2.24) is 14.5 Å². The predicted octanol–water partition coefficient (Wildman–Crippen LogP) is 1.98. The van der Waals surface area contributed by atoms with E-state index in [2.05, 4.69) is 15.3 Å². The molecule has 2 N–H and O–H groups in total. The fourth-order valence-electron chi connectivity index (χ4n) is 3.07. The molecule has 3 heterocycles.